The molecule has 2 N–H and O–H groups in total. The average Bonchev–Trinajstić information content (AvgIpc) is 2.47. The monoisotopic (exact) mass is 285 g/mol. The molecule has 0 saturated heterocycles. The Morgan fingerprint density at radius 3 is 2.71 bits per heavy atom. The minimum atomic E-state index is -0.924. The summed E-state index contributed by atoms with van der Waals surface area (Å²) >= 11 is 0. The van der Waals surface area contributed by atoms with Crippen molar-refractivity contribution in [2.45, 2.75) is 45.1 Å². The van der Waals surface area contributed by atoms with Gasteiger partial charge in [-0.25, -0.2) is 4.79 Å². The maximum atomic E-state index is 10.5. The lowest BCUT2D eigenvalue weighted by molar-refractivity contribution is -0.131. The van der Waals surface area contributed by atoms with Gasteiger partial charge < -0.3 is 10.4 Å². The van der Waals surface area contributed by atoms with E-state index in [-0.39, 0.29) is 0 Å². The molecule has 2 rings (SSSR count). The molecule has 1 aliphatic rings. The van der Waals surface area contributed by atoms with Gasteiger partial charge in [0.2, 0.25) is 0 Å². The molecule has 0 radical (unpaired) electrons. The molecule has 0 saturated carbocycles. The van der Waals surface area contributed by atoms with Gasteiger partial charge in [-0.05, 0) is 62.8 Å². The fourth-order valence-electron chi connectivity index (χ4n) is 2.68. The molecule has 112 valence electrons. The molecular formula is C18H23NO2. The minimum Gasteiger partial charge on any atom is -0.478 e. The number of allylic oxidation sites excluding steroid dienone is 1. The Kier molecular flexibility index (Phi) is 5.61. The van der Waals surface area contributed by atoms with Gasteiger partial charge in [-0.1, -0.05) is 23.8 Å². The molecule has 0 aromatic heterocycles. The number of carboxylic acid groups (broad SMARTS) is 1. The van der Waals surface area contributed by atoms with Crippen molar-refractivity contribution in [3.63, 3.8) is 0 Å². The van der Waals surface area contributed by atoms with Crippen molar-refractivity contribution in [3.8, 4) is 0 Å². The predicted molar refractivity (Wildman–Crippen MR) is 87.4 cm³/mol. The van der Waals surface area contributed by atoms with Crippen LogP contribution >= 0.6 is 0 Å². The zero-order valence-electron chi connectivity index (χ0n) is 12.5. The lowest BCUT2D eigenvalue weighted by Crippen LogP contribution is -2.16. The number of aliphatic carboxylic acids is 1. The van der Waals surface area contributed by atoms with Crippen LogP contribution in [-0.4, -0.2) is 17.1 Å². The third kappa shape index (κ3) is 5.46. The van der Waals surface area contributed by atoms with Gasteiger partial charge in [0.25, 0.3) is 0 Å². The third-order valence-electron chi connectivity index (χ3n) is 3.70. The molecule has 3 heteroatoms. The van der Waals surface area contributed by atoms with Gasteiger partial charge in [-0.3, -0.25) is 0 Å². The normalized spacial score (nSPS) is 16.5. The van der Waals surface area contributed by atoms with Gasteiger partial charge in [0.05, 0.1) is 0 Å². The largest absolute Gasteiger partial charge is 0.478 e. The van der Waals surface area contributed by atoms with E-state index in [1.54, 1.807) is 11.6 Å². The maximum Gasteiger partial charge on any atom is 0.328 e. The van der Waals surface area contributed by atoms with Crippen LogP contribution in [0.3, 0.4) is 0 Å². The first-order valence-corrected chi connectivity index (χ1v) is 7.59. The van der Waals surface area contributed by atoms with E-state index >= 15 is 0 Å². The van der Waals surface area contributed by atoms with Gasteiger partial charge >= 0.3 is 5.97 Å². The maximum absolute atomic E-state index is 10.5. The number of nitrogens with one attached hydrogen (secondary N) is 1. The quantitative estimate of drug-likeness (QED) is 0.598. The van der Waals surface area contributed by atoms with Crippen LogP contribution in [0.25, 0.3) is 6.08 Å². The molecule has 1 unspecified atom stereocenters. The second kappa shape index (κ2) is 7.67. The highest BCUT2D eigenvalue weighted by molar-refractivity contribution is 5.85. The Labute approximate surface area is 126 Å². The standard InChI is InChI=1S/C18H23NO2/c1-14(13-16-5-3-2-4-6-16)19-17-10-7-15(8-11-17)9-12-18(20)21/h5,7-12,14,19H,2-4,6,13H2,1H3,(H,20,21). The number of carboxylic acids is 1. The van der Waals surface area contributed by atoms with Crippen molar-refractivity contribution < 1.29 is 9.90 Å². The molecule has 1 aliphatic carbocycles. The first-order valence-electron chi connectivity index (χ1n) is 7.59. The van der Waals surface area contributed by atoms with E-state index in [0.29, 0.717) is 6.04 Å². The number of benzene rings is 1. The SMILES string of the molecule is CC(CC1=CCCCC1)Nc1ccc(C=CC(=O)O)cc1. The number of hydrogen-bond donors (Lipinski definition) is 2. The lowest BCUT2D eigenvalue weighted by atomic mass is 9.95. The smallest absolute Gasteiger partial charge is 0.328 e. The predicted octanol–water partition coefficient (Wildman–Crippen LogP) is 4.48. The van der Waals surface area contributed by atoms with Crippen LogP contribution < -0.4 is 5.32 Å². The highest BCUT2D eigenvalue weighted by Gasteiger charge is 2.08. The van der Waals surface area contributed by atoms with Crippen molar-refractivity contribution in [2.24, 2.45) is 0 Å². The Bertz CT molecular complexity index is 529. The first kappa shape index (κ1) is 15.4. The number of hydrogen-bond acceptors (Lipinski definition) is 2. The Morgan fingerprint density at radius 1 is 1.33 bits per heavy atom. The highest BCUT2D eigenvalue weighted by atomic mass is 16.4. The minimum absolute atomic E-state index is 0.412. The molecule has 0 aliphatic heterocycles. The molecule has 1 aromatic rings. The van der Waals surface area contributed by atoms with Crippen molar-refractivity contribution in [2.75, 3.05) is 5.32 Å². The Morgan fingerprint density at radius 2 is 2.10 bits per heavy atom. The summed E-state index contributed by atoms with van der Waals surface area (Å²) in [5.74, 6) is -0.924. The summed E-state index contributed by atoms with van der Waals surface area (Å²) in [6.45, 7) is 2.20. The summed E-state index contributed by atoms with van der Waals surface area (Å²) in [5, 5.41) is 12.1. The molecule has 0 bridgehead atoms. The van der Waals surface area contributed by atoms with E-state index in [1.807, 2.05) is 24.3 Å². The molecular weight excluding hydrogens is 262 g/mol. The van der Waals surface area contributed by atoms with E-state index in [0.717, 1.165) is 23.7 Å². The van der Waals surface area contributed by atoms with Crippen molar-refractivity contribution in [1.82, 2.24) is 0 Å². The molecule has 3 nitrogen and oxygen atoms in total. The summed E-state index contributed by atoms with van der Waals surface area (Å²) in [4.78, 5) is 10.5. The summed E-state index contributed by atoms with van der Waals surface area (Å²) in [6, 6.07) is 8.25. The Hall–Kier alpha value is -2.03. The van der Waals surface area contributed by atoms with Gasteiger partial charge in [0.1, 0.15) is 0 Å². The van der Waals surface area contributed by atoms with Gasteiger partial charge in [-0.15, -0.1) is 0 Å². The topological polar surface area (TPSA) is 49.3 Å². The number of carbonyl (C=O) groups is 1. The van der Waals surface area contributed by atoms with E-state index in [1.165, 1.54) is 25.7 Å². The number of rotatable bonds is 6. The van der Waals surface area contributed by atoms with Crippen LogP contribution in [0.4, 0.5) is 5.69 Å². The highest BCUT2D eigenvalue weighted by Crippen LogP contribution is 2.22. The fourth-order valence-corrected chi connectivity index (χ4v) is 2.68. The van der Waals surface area contributed by atoms with E-state index < -0.39 is 5.97 Å². The van der Waals surface area contributed by atoms with Crippen LogP contribution in [0, 0.1) is 0 Å². The van der Waals surface area contributed by atoms with Gasteiger partial charge in [0, 0.05) is 17.8 Å². The van der Waals surface area contributed by atoms with E-state index in [4.69, 9.17) is 5.11 Å². The van der Waals surface area contributed by atoms with Crippen LogP contribution in [-0.2, 0) is 4.79 Å². The zero-order valence-corrected chi connectivity index (χ0v) is 12.5. The lowest BCUT2D eigenvalue weighted by Gasteiger charge is -2.19. The summed E-state index contributed by atoms with van der Waals surface area (Å²) < 4.78 is 0. The Balaban J connectivity index is 1.87. The molecule has 1 atom stereocenters. The van der Waals surface area contributed by atoms with Crippen LogP contribution in [0.2, 0.25) is 0 Å². The summed E-state index contributed by atoms with van der Waals surface area (Å²) in [5.41, 5.74) is 3.54. The zero-order chi connectivity index (χ0) is 15.1. The first-order chi connectivity index (χ1) is 10.1. The number of anilines is 1. The van der Waals surface area contributed by atoms with E-state index in [2.05, 4.69) is 18.3 Å². The average molecular weight is 285 g/mol. The summed E-state index contributed by atoms with van der Waals surface area (Å²) in [6.07, 6.45) is 11.4. The molecule has 0 heterocycles. The van der Waals surface area contributed by atoms with Crippen molar-refractivity contribution >= 4 is 17.7 Å². The summed E-state index contributed by atoms with van der Waals surface area (Å²) in [7, 11) is 0. The third-order valence-corrected chi connectivity index (χ3v) is 3.70. The molecule has 21 heavy (non-hydrogen) atoms. The van der Waals surface area contributed by atoms with Gasteiger partial charge in [0.15, 0.2) is 0 Å². The molecule has 0 spiro atoms. The van der Waals surface area contributed by atoms with E-state index in [9.17, 15) is 4.79 Å². The van der Waals surface area contributed by atoms with Crippen LogP contribution in [0.1, 0.15) is 44.6 Å². The molecule has 1 aromatic carbocycles. The van der Waals surface area contributed by atoms with Crippen molar-refractivity contribution in [1.29, 1.82) is 0 Å². The second-order valence-corrected chi connectivity index (χ2v) is 5.65. The molecule has 0 fully saturated rings. The second-order valence-electron chi connectivity index (χ2n) is 5.65. The van der Waals surface area contributed by atoms with Gasteiger partial charge in [-0.2, -0.15) is 0 Å². The van der Waals surface area contributed by atoms with Crippen LogP contribution in [0.15, 0.2) is 42.0 Å². The van der Waals surface area contributed by atoms with Crippen molar-refractivity contribution in [3.05, 3.63) is 47.6 Å². The molecule has 0 amide bonds. The fraction of sp³-hybridized carbons (Fsp3) is 0.389. The van der Waals surface area contributed by atoms with Crippen LogP contribution in [0.5, 0.6) is 0 Å².